The van der Waals surface area contributed by atoms with E-state index in [1.54, 1.807) is 25.3 Å². The van der Waals surface area contributed by atoms with Gasteiger partial charge in [0.25, 0.3) is 0 Å². The Kier molecular flexibility index (Phi) is 7.61. The van der Waals surface area contributed by atoms with Gasteiger partial charge >= 0.3 is 0 Å². The zero-order valence-corrected chi connectivity index (χ0v) is 16.5. The van der Waals surface area contributed by atoms with E-state index in [1.807, 2.05) is 48.5 Å². The van der Waals surface area contributed by atoms with Crippen LogP contribution in [0.25, 0.3) is 0 Å². The zero-order valence-electron chi connectivity index (χ0n) is 16.5. The maximum Gasteiger partial charge on any atom is 0.123 e. The minimum absolute atomic E-state index is 0.167. The molecule has 0 aromatic heterocycles. The summed E-state index contributed by atoms with van der Waals surface area (Å²) in [5.74, 6) is 1.16. The molecular weight excluding hydrogens is 369 g/mol. The summed E-state index contributed by atoms with van der Waals surface area (Å²) in [5, 5.41) is 10.5. The van der Waals surface area contributed by atoms with Crippen LogP contribution in [0.1, 0.15) is 11.1 Å². The highest BCUT2D eigenvalue weighted by Crippen LogP contribution is 2.17. The standard InChI is InChI=1S/C24H26FNO3/c1-28-23-10-12-24(13-11-23)29-18-22(27)17-26(15-19-6-3-2-4-7-19)16-20-8-5-9-21(25)14-20/h2-14,22,27H,15-18H2,1H3/t22-/m0/s1. The third-order valence-corrected chi connectivity index (χ3v) is 4.51. The molecule has 3 aromatic rings. The van der Waals surface area contributed by atoms with Crippen LogP contribution in [0.3, 0.4) is 0 Å². The molecule has 0 bridgehead atoms. The van der Waals surface area contributed by atoms with Gasteiger partial charge in [-0.05, 0) is 47.5 Å². The van der Waals surface area contributed by atoms with Crippen LogP contribution in [-0.2, 0) is 13.1 Å². The molecule has 29 heavy (non-hydrogen) atoms. The fourth-order valence-corrected chi connectivity index (χ4v) is 3.14. The number of aliphatic hydroxyl groups excluding tert-OH is 1. The predicted octanol–water partition coefficient (Wildman–Crippen LogP) is 4.28. The monoisotopic (exact) mass is 395 g/mol. The summed E-state index contributed by atoms with van der Waals surface area (Å²) in [5.41, 5.74) is 2.00. The second kappa shape index (κ2) is 10.6. The Bertz CT molecular complexity index is 871. The van der Waals surface area contributed by atoms with Crippen molar-refractivity contribution in [2.75, 3.05) is 20.3 Å². The maximum atomic E-state index is 13.6. The van der Waals surface area contributed by atoms with E-state index < -0.39 is 6.10 Å². The maximum absolute atomic E-state index is 13.6. The number of benzene rings is 3. The van der Waals surface area contributed by atoms with Crippen molar-refractivity contribution in [2.45, 2.75) is 19.2 Å². The average Bonchev–Trinajstić information content (AvgIpc) is 2.73. The normalized spacial score (nSPS) is 12.0. The Labute approximate surface area is 171 Å². The number of rotatable bonds is 10. The molecule has 0 saturated carbocycles. The molecule has 3 aromatic carbocycles. The molecule has 4 nitrogen and oxygen atoms in total. The van der Waals surface area contributed by atoms with E-state index in [2.05, 4.69) is 4.90 Å². The molecule has 0 saturated heterocycles. The number of aliphatic hydroxyl groups is 1. The van der Waals surface area contributed by atoms with Gasteiger partial charge in [-0.1, -0.05) is 42.5 Å². The Morgan fingerprint density at radius 3 is 2.21 bits per heavy atom. The minimum atomic E-state index is -0.686. The third kappa shape index (κ3) is 6.89. The van der Waals surface area contributed by atoms with Crippen molar-refractivity contribution in [3.8, 4) is 11.5 Å². The largest absolute Gasteiger partial charge is 0.497 e. The molecule has 0 spiro atoms. The average molecular weight is 395 g/mol. The lowest BCUT2D eigenvalue weighted by atomic mass is 10.1. The molecule has 1 N–H and O–H groups in total. The van der Waals surface area contributed by atoms with E-state index in [0.29, 0.717) is 25.4 Å². The van der Waals surface area contributed by atoms with Gasteiger partial charge < -0.3 is 14.6 Å². The first-order valence-corrected chi connectivity index (χ1v) is 9.58. The molecule has 3 rings (SSSR count). The van der Waals surface area contributed by atoms with E-state index >= 15 is 0 Å². The highest BCUT2D eigenvalue weighted by Gasteiger charge is 2.14. The number of nitrogens with zero attached hydrogens (tertiary/aromatic N) is 1. The molecule has 0 unspecified atom stereocenters. The van der Waals surface area contributed by atoms with Crippen molar-refractivity contribution < 1.29 is 19.0 Å². The minimum Gasteiger partial charge on any atom is -0.497 e. The van der Waals surface area contributed by atoms with Gasteiger partial charge in [0.2, 0.25) is 0 Å². The molecule has 0 aliphatic heterocycles. The quantitative estimate of drug-likeness (QED) is 0.557. The molecule has 1 atom stereocenters. The lowest BCUT2D eigenvalue weighted by Crippen LogP contribution is -2.35. The fraction of sp³-hybridized carbons (Fsp3) is 0.250. The summed E-state index contributed by atoms with van der Waals surface area (Å²) >= 11 is 0. The highest BCUT2D eigenvalue weighted by molar-refractivity contribution is 5.31. The first-order chi connectivity index (χ1) is 14.1. The summed E-state index contributed by atoms with van der Waals surface area (Å²) < 4.78 is 24.4. The van der Waals surface area contributed by atoms with E-state index in [9.17, 15) is 9.50 Å². The summed E-state index contributed by atoms with van der Waals surface area (Å²) in [6.45, 7) is 1.76. The number of hydrogen-bond donors (Lipinski definition) is 1. The SMILES string of the molecule is COc1ccc(OC[C@@H](O)CN(Cc2ccccc2)Cc2cccc(F)c2)cc1. The number of hydrogen-bond acceptors (Lipinski definition) is 4. The van der Waals surface area contributed by atoms with Crippen molar-refractivity contribution in [2.24, 2.45) is 0 Å². The Morgan fingerprint density at radius 1 is 0.862 bits per heavy atom. The lowest BCUT2D eigenvalue weighted by molar-refractivity contribution is 0.0628. The first kappa shape index (κ1) is 20.8. The van der Waals surface area contributed by atoms with Crippen molar-refractivity contribution in [1.82, 2.24) is 4.90 Å². The Morgan fingerprint density at radius 2 is 1.52 bits per heavy atom. The van der Waals surface area contributed by atoms with Crippen LogP contribution in [-0.4, -0.2) is 36.4 Å². The third-order valence-electron chi connectivity index (χ3n) is 4.51. The highest BCUT2D eigenvalue weighted by atomic mass is 19.1. The lowest BCUT2D eigenvalue weighted by Gasteiger charge is -2.25. The summed E-state index contributed by atoms with van der Waals surface area (Å²) in [6, 6.07) is 23.8. The first-order valence-electron chi connectivity index (χ1n) is 9.58. The van der Waals surface area contributed by atoms with Gasteiger partial charge in [0.1, 0.15) is 30.0 Å². The second-order valence-electron chi connectivity index (χ2n) is 6.93. The predicted molar refractivity (Wildman–Crippen MR) is 111 cm³/mol. The fourth-order valence-electron chi connectivity index (χ4n) is 3.14. The van der Waals surface area contributed by atoms with Gasteiger partial charge in [-0.15, -0.1) is 0 Å². The van der Waals surface area contributed by atoms with Gasteiger partial charge in [0.15, 0.2) is 0 Å². The Hall–Kier alpha value is -2.89. The molecular formula is C24H26FNO3. The van der Waals surface area contributed by atoms with Crippen LogP contribution in [0.5, 0.6) is 11.5 Å². The summed E-state index contributed by atoms with van der Waals surface area (Å²) in [4.78, 5) is 2.09. The van der Waals surface area contributed by atoms with Crippen LogP contribution in [0.15, 0.2) is 78.9 Å². The number of halogens is 1. The molecule has 0 heterocycles. The van der Waals surface area contributed by atoms with Crippen LogP contribution in [0.2, 0.25) is 0 Å². The van der Waals surface area contributed by atoms with E-state index in [4.69, 9.17) is 9.47 Å². The number of methoxy groups -OCH3 is 1. The van der Waals surface area contributed by atoms with E-state index in [0.717, 1.165) is 16.9 Å². The molecule has 0 radical (unpaired) electrons. The van der Waals surface area contributed by atoms with E-state index in [1.165, 1.54) is 12.1 Å². The molecule has 0 aliphatic carbocycles. The molecule has 5 heteroatoms. The van der Waals surface area contributed by atoms with Gasteiger partial charge in [0.05, 0.1) is 7.11 Å². The van der Waals surface area contributed by atoms with Gasteiger partial charge in [-0.2, -0.15) is 0 Å². The van der Waals surface area contributed by atoms with Crippen molar-refractivity contribution in [3.05, 3.63) is 95.8 Å². The van der Waals surface area contributed by atoms with Crippen LogP contribution in [0.4, 0.5) is 4.39 Å². The second-order valence-corrected chi connectivity index (χ2v) is 6.93. The van der Waals surface area contributed by atoms with Crippen molar-refractivity contribution >= 4 is 0 Å². The van der Waals surface area contributed by atoms with Crippen molar-refractivity contribution in [1.29, 1.82) is 0 Å². The topological polar surface area (TPSA) is 41.9 Å². The van der Waals surface area contributed by atoms with Gasteiger partial charge in [-0.3, -0.25) is 4.90 Å². The zero-order chi connectivity index (χ0) is 20.5. The Balaban J connectivity index is 1.61. The summed E-state index contributed by atoms with van der Waals surface area (Å²) in [7, 11) is 1.61. The summed E-state index contributed by atoms with van der Waals surface area (Å²) in [6.07, 6.45) is -0.686. The van der Waals surface area contributed by atoms with Gasteiger partial charge in [0, 0.05) is 19.6 Å². The van der Waals surface area contributed by atoms with Crippen LogP contribution < -0.4 is 9.47 Å². The molecule has 152 valence electrons. The smallest absolute Gasteiger partial charge is 0.123 e. The van der Waals surface area contributed by atoms with Crippen molar-refractivity contribution in [3.63, 3.8) is 0 Å². The van der Waals surface area contributed by atoms with Gasteiger partial charge in [-0.25, -0.2) is 4.39 Å². The van der Waals surface area contributed by atoms with E-state index in [-0.39, 0.29) is 12.4 Å². The molecule has 0 fully saturated rings. The van der Waals surface area contributed by atoms with Crippen LogP contribution in [0, 0.1) is 5.82 Å². The number of ether oxygens (including phenoxy) is 2. The van der Waals surface area contributed by atoms with Crippen LogP contribution >= 0.6 is 0 Å². The molecule has 0 amide bonds. The molecule has 0 aliphatic rings.